The summed E-state index contributed by atoms with van der Waals surface area (Å²) in [5.74, 6) is 0.933. The fourth-order valence-electron chi connectivity index (χ4n) is 3.92. The lowest BCUT2D eigenvalue weighted by atomic mass is 9.73. The molecule has 1 heterocycles. The van der Waals surface area contributed by atoms with Gasteiger partial charge in [-0.25, -0.2) is 0 Å². The summed E-state index contributed by atoms with van der Waals surface area (Å²) in [5, 5.41) is 3.17. The Bertz CT molecular complexity index is 568. The van der Waals surface area contributed by atoms with E-state index in [1.807, 2.05) is 12.1 Å². The predicted octanol–water partition coefficient (Wildman–Crippen LogP) is 2.82. The molecule has 25 heavy (non-hydrogen) atoms. The first-order chi connectivity index (χ1) is 12.1. The van der Waals surface area contributed by atoms with Gasteiger partial charge in [-0.15, -0.1) is 0 Å². The zero-order valence-electron chi connectivity index (χ0n) is 15.3. The molecule has 1 saturated heterocycles. The van der Waals surface area contributed by atoms with E-state index in [1.54, 1.807) is 14.2 Å². The number of carbonyl (C=O) groups is 1. The van der Waals surface area contributed by atoms with E-state index in [1.165, 1.54) is 5.56 Å². The molecule has 1 aromatic carbocycles. The second-order valence-electron chi connectivity index (χ2n) is 7.32. The van der Waals surface area contributed by atoms with Crippen LogP contribution in [-0.2, 0) is 19.7 Å². The number of nitrogens with one attached hydrogen (secondary N) is 1. The van der Waals surface area contributed by atoms with Gasteiger partial charge in [0.2, 0.25) is 5.91 Å². The van der Waals surface area contributed by atoms with Gasteiger partial charge >= 0.3 is 0 Å². The summed E-state index contributed by atoms with van der Waals surface area (Å²) in [6.07, 6.45) is 5.39. The molecule has 5 heteroatoms. The molecule has 0 spiro atoms. The van der Waals surface area contributed by atoms with Crippen LogP contribution in [0.25, 0.3) is 0 Å². The van der Waals surface area contributed by atoms with Gasteiger partial charge in [0.1, 0.15) is 5.75 Å². The summed E-state index contributed by atoms with van der Waals surface area (Å²) in [5.41, 5.74) is 0.939. The van der Waals surface area contributed by atoms with Gasteiger partial charge in [0.05, 0.1) is 19.1 Å². The van der Waals surface area contributed by atoms with E-state index < -0.39 is 0 Å². The van der Waals surface area contributed by atoms with Gasteiger partial charge in [-0.2, -0.15) is 0 Å². The molecule has 0 atom stereocenters. The molecule has 1 aliphatic carbocycles. The lowest BCUT2D eigenvalue weighted by molar-refractivity contribution is -0.134. The van der Waals surface area contributed by atoms with Crippen LogP contribution in [0.5, 0.6) is 5.75 Å². The van der Waals surface area contributed by atoms with Gasteiger partial charge in [-0.1, -0.05) is 12.1 Å². The Morgan fingerprint density at radius 2 is 1.80 bits per heavy atom. The molecule has 2 fully saturated rings. The minimum atomic E-state index is -0.229. The van der Waals surface area contributed by atoms with Crippen LogP contribution in [0.1, 0.15) is 44.1 Å². The summed E-state index contributed by atoms with van der Waals surface area (Å²) >= 11 is 0. The van der Waals surface area contributed by atoms with Crippen LogP contribution in [0, 0.1) is 0 Å². The van der Waals surface area contributed by atoms with Gasteiger partial charge in [-0.3, -0.25) is 4.79 Å². The number of amides is 1. The Morgan fingerprint density at radius 1 is 1.12 bits per heavy atom. The molecule has 1 aromatic rings. The summed E-state index contributed by atoms with van der Waals surface area (Å²) in [4.78, 5) is 12.5. The first-order valence-electron chi connectivity index (χ1n) is 9.16. The van der Waals surface area contributed by atoms with Crippen molar-refractivity contribution < 1.29 is 19.0 Å². The standard InChI is InChI=1S/C20H29NO4/c1-23-17-6-4-16(5-7-17)19(10-12-25-13-11-19)15-21-18(22)14-20(24-2)8-3-9-20/h4-7H,3,8-15H2,1-2H3,(H,21,22). The zero-order valence-corrected chi connectivity index (χ0v) is 15.3. The van der Waals surface area contributed by atoms with Crippen LogP contribution in [0.2, 0.25) is 0 Å². The molecule has 1 saturated carbocycles. The molecule has 0 unspecified atom stereocenters. The van der Waals surface area contributed by atoms with Crippen LogP contribution in [0.3, 0.4) is 0 Å². The predicted molar refractivity (Wildman–Crippen MR) is 95.9 cm³/mol. The molecule has 0 radical (unpaired) electrons. The average molecular weight is 347 g/mol. The van der Waals surface area contributed by atoms with Crippen molar-refractivity contribution in [2.45, 2.75) is 49.5 Å². The lowest BCUT2D eigenvalue weighted by Crippen LogP contribution is -2.48. The van der Waals surface area contributed by atoms with Crippen molar-refractivity contribution in [3.63, 3.8) is 0 Å². The number of hydrogen-bond donors (Lipinski definition) is 1. The van der Waals surface area contributed by atoms with Gasteiger partial charge in [0, 0.05) is 32.3 Å². The van der Waals surface area contributed by atoms with E-state index in [4.69, 9.17) is 14.2 Å². The van der Waals surface area contributed by atoms with Gasteiger partial charge < -0.3 is 19.5 Å². The molecule has 3 rings (SSSR count). The molecule has 1 aliphatic heterocycles. The van der Waals surface area contributed by atoms with Crippen molar-refractivity contribution in [2.75, 3.05) is 34.0 Å². The SMILES string of the molecule is COc1ccc(C2(CNC(=O)CC3(OC)CCC3)CCOCC2)cc1. The third-order valence-electron chi connectivity index (χ3n) is 5.96. The number of benzene rings is 1. The molecular weight excluding hydrogens is 318 g/mol. The maximum atomic E-state index is 12.5. The van der Waals surface area contributed by atoms with Gasteiger partial charge in [-0.05, 0) is 49.8 Å². The van der Waals surface area contributed by atoms with Gasteiger partial charge in [0.25, 0.3) is 0 Å². The van der Waals surface area contributed by atoms with E-state index >= 15 is 0 Å². The molecule has 1 N–H and O–H groups in total. The second-order valence-corrected chi connectivity index (χ2v) is 7.32. The minimum Gasteiger partial charge on any atom is -0.497 e. The zero-order chi connectivity index (χ0) is 17.8. The van der Waals surface area contributed by atoms with Crippen LogP contribution in [0.15, 0.2) is 24.3 Å². The number of methoxy groups -OCH3 is 2. The Kier molecular flexibility index (Phi) is 5.64. The molecule has 0 aromatic heterocycles. The molecule has 138 valence electrons. The molecular formula is C20H29NO4. The molecule has 0 bridgehead atoms. The largest absolute Gasteiger partial charge is 0.497 e. The van der Waals surface area contributed by atoms with Crippen LogP contribution in [-0.4, -0.2) is 45.5 Å². The first kappa shape index (κ1) is 18.2. The van der Waals surface area contributed by atoms with Crippen molar-refractivity contribution in [1.29, 1.82) is 0 Å². The Morgan fingerprint density at radius 3 is 2.32 bits per heavy atom. The maximum Gasteiger partial charge on any atom is 0.222 e. The maximum absolute atomic E-state index is 12.5. The molecule has 2 aliphatic rings. The Balaban J connectivity index is 1.67. The number of hydrogen-bond acceptors (Lipinski definition) is 4. The van der Waals surface area contributed by atoms with E-state index in [0.29, 0.717) is 13.0 Å². The summed E-state index contributed by atoms with van der Waals surface area (Å²) in [6, 6.07) is 8.20. The Labute approximate surface area is 150 Å². The number of ether oxygens (including phenoxy) is 3. The molecule has 5 nitrogen and oxygen atoms in total. The van der Waals surface area contributed by atoms with Crippen molar-refractivity contribution in [1.82, 2.24) is 5.32 Å². The summed E-state index contributed by atoms with van der Waals surface area (Å²) in [7, 11) is 3.38. The average Bonchev–Trinajstić information content (AvgIpc) is 2.64. The van der Waals surface area contributed by atoms with Crippen molar-refractivity contribution in [2.24, 2.45) is 0 Å². The first-order valence-corrected chi connectivity index (χ1v) is 9.16. The van der Waals surface area contributed by atoms with E-state index in [2.05, 4.69) is 17.4 Å². The highest BCUT2D eigenvalue weighted by molar-refractivity contribution is 5.77. The summed E-state index contributed by atoms with van der Waals surface area (Å²) in [6.45, 7) is 2.09. The van der Waals surface area contributed by atoms with Crippen LogP contribution >= 0.6 is 0 Å². The number of carbonyl (C=O) groups excluding carboxylic acids is 1. The normalized spacial score (nSPS) is 21.2. The minimum absolute atomic E-state index is 0.0694. The van der Waals surface area contributed by atoms with Crippen LogP contribution < -0.4 is 10.1 Å². The van der Waals surface area contributed by atoms with Crippen molar-refractivity contribution in [3.8, 4) is 5.75 Å². The fraction of sp³-hybridized carbons (Fsp3) is 0.650. The smallest absolute Gasteiger partial charge is 0.222 e. The van der Waals surface area contributed by atoms with E-state index in [0.717, 1.165) is 51.1 Å². The van der Waals surface area contributed by atoms with Gasteiger partial charge in [0.15, 0.2) is 0 Å². The van der Waals surface area contributed by atoms with E-state index in [-0.39, 0.29) is 16.9 Å². The summed E-state index contributed by atoms with van der Waals surface area (Å²) < 4.78 is 16.4. The number of rotatable bonds is 7. The highest BCUT2D eigenvalue weighted by atomic mass is 16.5. The third kappa shape index (κ3) is 3.98. The van der Waals surface area contributed by atoms with Crippen molar-refractivity contribution in [3.05, 3.63) is 29.8 Å². The third-order valence-corrected chi connectivity index (χ3v) is 5.96. The fourth-order valence-corrected chi connectivity index (χ4v) is 3.92. The monoisotopic (exact) mass is 347 g/mol. The molecule has 1 amide bonds. The van der Waals surface area contributed by atoms with E-state index in [9.17, 15) is 4.79 Å². The van der Waals surface area contributed by atoms with Crippen molar-refractivity contribution >= 4 is 5.91 Å². The lowest BCUT2D eigenvalue weighted by Gasteiger charge is -2.41. The van der Waals surface area contributed by atoms with Crippen LogP contribution in [0.4, 0.5) is 0 Å². The highest BCUT2D eigenvalue weighted by Gasteiger charge is 2.40. The highest BCUT2D eigenvalue weighted by Crippen LogP contribution is 2.38. The quantitative estimate of drug-likeness (QED) is 0.824. The topological polar surface area (TPSA) is 56.8 Å². The second kappa shape index (κ2) is 7.75. The Hall–Kier alpha value is -1.59.